The smallest absolute Gasteiger partial charge is 0.173 e. The van der Waals surface area contributed by atoms with Crippen molar-refractivity contribution in [3.05, 3.63) is 53.7 Å². The van der Waals surface area contributed by atoms with Crippen molar-refractivity contribution in [1.29, 1.82) is 0 Å². The Morgan fingerprint density at radius 3 is 2.65 bits per heavy atom. The van der Waals surface area contributed by atoms with Crippen LogP contribution in [0.25, 0.3) is 23.1 Å². The summed E-state index contributed by atoms with van der Waals surface area (Å²) in [5.41, 5.74) is 2.26. The van der Waals surface area contributed by atoms with E-state index in [4.69, 9.17) is 9.26 Å². The number of hydrogen-bond acceptors (Lipinski definition) is 4. The number of fused-ring (bicyclic) bond motifs is 1. The zero-order chi connectivity index (χ0) is 13.9. The maximum absolute atomic E-state index is 9.82. The fraction of sp³-hybridized carbons (Fsp3) is 0.0625. The van der Waals surface area contributed by atoms with Gasteiger partial charge < -0.3 is 14.4 Å². The number of rotatable bonds is 3. The van der Waals surface area contributed by atoms with Crippen molar-refractivity contribution in [3.63, 3.8) is 0 Å². The summed E-state index contributed by atoms with van der Waals surface area (Å²) in [6.45, 7) is 0. The molecule has 0 aliphatic heterocycles. The van der Waals surface area contributed by atoms with Gasteiger partial charge in [0.15, 0.2) is 17.1 Å². The van der Waals surface area contributed by atoms with Crippen molar-refractivity contribution < 1.29 is 14.4 Å². The lowest BCUT2D eigenvalue weighted by molar-refractivity contribution is 0.377. The van der Waals surface area contributed by atoms with Crippen molar-refractivity contribution in [1.82, 2.24) is 5.16 Å². The number of ether oxygens (including phenoxy) is 1. The van der Waals surface area contributed by atoms with Crippen LogP contribution in [0.3, 0.4) is 0 Å². The van der Waals surface area contributed by atoms with E-state index in [2.05, 4.69) is 5.16 Å². The molecule has 1 aromatic heterocycles. The highest BCUT2D eigenvalue weighted by Gasteiger charge is 2.15. The molecule has 0 bridgehead atoms. The Bertz CT molecular complexity index is 760. The van der Waals surface area contributed by atoms with Gasteiger partial charge in [0, 0.05) is 0 Å². The number of benzene rings is 2. The Labute approximate surface area is 115 Å². The van der Waals surface area contributed by atoms with Crippen LogP contribution >= 0.6 is 0 Å². The van der Waals surface area contributed by atoms with Crippen molar-refractivity contribution in [2.75, 3.05) is 7.11 Å². The normalized spacial score (nSPS) is 11.2. The topological polar surface area (TPSA) is 55.5 Å². The highest BCUT2D eigenvalue weighted by Crippen LogP contribution is 2.37. The molecule has 1 N–H and O–H groups in total. The highest BCUT2D eigenvalue weighted by atomic mass is 16.5. The van der Waals surface area contributed by atoms with E-state index < -0.39 is 0 Å². The lowest BCUT2D eigenvalue weighted by Crippen LogP contribution is -1.85. The molecule has 0 spiro atoms. The van der Waals surface area contributed by atoms with Gasteiger partial charge in [-0.2, -0.15) is 0 Å². The Hall–Kier alpha value is -2.75. The molecule has 0 saturated heterocycles. The van der Waals surface area contributed by atoms with Gasteiger partial charge in [0.25, 0.3) is 0 Å². The first-order valence-electron chi connectivity index (χ1n) is 6.18. The van der Waals surface area contributed by atoms with Crippen LogP contribution in [0.4, 0.5) is 0 Å². The molecule has 100 valence electrons. The summed E-state index contributed by atoms with van der Waals surface area (Å²) >= 11 is 0. The number of phenolic OH excluding ortho intramolecular Hbond substituents is 1. The molecule has 3 rings (SSSR count). The first-order valence-corrected chi connectivity index (χ1v) is 6.18. The predicted molar refractivity (Wildman–Crippen MR) is 77.6 cm³/mol. The van der Waals surface area contributed by atoms with Crippen LogP contribution in [0.15, 0.2) is 47.0 Å². The van der Waals surface area contributed by atoms with Crippen molar-refractivity contribution in [2.45, 2.75) is 0 Å². The lowest BCUT2D eigenvalue weighted by Gasteiger charge is -2.03. The van der Waals surface area contributed by atoms with E-state index in [1.165, 1.54) is 13.2 Å². The van der Waals surface area contributed by atoms with E-state index in [0.29, 0.717) is 22.4 Å². The van der Waals surface area contributed by atoms with Gasteiger partial charge in [-0.25, -0.2) is 0 Å². The Morgan fingerprint density at radius 2 is 1.90 bits per heavy atom. The van der Waals surface area contributed by atoms with Crippen LogP contribution in [0.1, 0.15) is 11.3 Å². The standard InChI is InChI=1S/C16H13NO3/c1-19-16-13(18)9-10-14-15(16)12(17-20-14)8-7-11-5-3-2-4-6-11/h2-10,18H,1H3/b8-7+. The van der Waals surface area contributed by atoms with Gasteiger partial charge >= 0.3 is 0 Å². The molecule has 0 aliphatic rings. The van der Waals surface area contributed by atoms with Crippen LogP contribution in [0.2, 0.25) is 0 Å². The molecule has 0 aliphatic carbocycles. The van der Waals surface area contributed by atoms with Crippen LogP contribution in [0.5, 0.6) is 11.5 Å². The van der Waals surface area contributed by atoms with E-state index in [-0.39, 0.29) is 5.75 Å². The summed E-state index contributed by atoms with van der Waals surface area (Å²) in [6.07, 6.45) is 3.77. The summed E-state index contributed by atoms with van der Waals surface area (Å²) in [7, 11) is 1.51. The van der Waals surface area contributed by atoms with Gasteiger partial charge in [-0.05, 0) is 23.8 Å². The molecule has 1 heterocycles. The molecule has 20 heavy (non-hydrogen) atoms. The Kier molecular flexibility index (Phi) is 3.13. The minimum Gasteiger partial charge on any atom is -0.504 e. The summed E-state index contributed by atoms with van der Waals surface area (Å²) in [5.74, 6) is 0.439. The zero-order valence-corrected chi connectivity index (χ0v) is 10.9. The molecule has 4 nitrogen and oxygen atoms in total. The zero-order valence-electron chi connectivity index (χ0n) is 10.9. The number of hydrogen-bond donors (Lipinski definition) is 1. The second-order valence-corrected chi connectivity index (χ2v) is 4.30. The Morgan fingerprint density at radius 1 is 1.10 bits per heavy atom. The third kappa shape index (κ3) is 2.12. The fourth-order valence-electron chi connectivity index (χ4n) is 2.08. The maximum Gasteiger partial charge on any atom is 0.173 e. The lowest BCUT2D eigenvalue weighted by atomic mass is 10.1. The van der Waals surface area contributed by atoms with E-state index in [1.807, 2.05) is 42.5 Å². The third-order valence-electron chi connectivity index (χ3n) is 3.03. The summed E-state index contributed by atoms with van der Waals surface area (Å²) in [4.78, 5) is 0. The Balaban J connectivity index is 2.08. The number of phenols is 1. The van der Waals surface area contributed by atoms with Gasteiger partial charge in [-0.15, -0.1) is 0 Å². The van der Waals surface area contributed by atoms with E-state index in [0.717, 1.165) is 5.56 Å². The van der Waals surface area contributed by atoms with E-state index >= 15 is 0 Å². The second kappa shape index (κ2) is 5.09. The minimum absolute atomic E-state index is 0.0672. The highest BCUT2D eigenvalue weighted by molar-refractivity contribution is 5.94. The van der Waals surface area contributed by atoms with Crippen LogP contribution in [0, 0.1) is 0 Å². The predicted octanol–water partition coefficient (Wildman–Crippen LogP) is 3.71. The minimum atomic E-state index is 0.0672. The van der Waals surface area contributed by atoms with Crippen LogP contribution in [-0.4, -0.2) is 17.4 Å². The molecule has 0 fully saturated rings. The van der Waals surface area contributed by atoms with Crippen molar-refractivity contribution >= 4 is 23.1 Å². The van der Waals surface area contributed by atoms with Gasteiger partial charge in [0.2, 0.25) is 0 Å². The van der Waals surface area contributed by atoms with Crippen molar-refractivity contribution in [3.8, 4) is 11.5 Å². The summed E-state index contributed by atoms with van der Waals surface area (Å²) in [6, 6.07) is 13.1. The molecule has 4 heteroatoms. The number of aromatic hydroxyl groups is 1. The fourth-order valence-corrected chi connectivity index (χ4v) is 2.08. The molecule has 0 atom stereocenters. The average Bonchev–Trinajstić information content (AvgIpc) is 2.89. The van der Waals surface area contributed by atoms with E-state index in [9.17, 15) is 5.11 Å². The molecule has 3 aromatic rings. The first kappa shape index (κ1) is 12.3. The quantitative estimate of drug-likeness (QED) is 0.786. The van der Waals surface area contributed by atoms with Gasteiger partial charge in [-0.3, -0.25) is 0 Å². The van der Waals surface area contributed by atoms with E-state index in [1.54, 1.807) is 6.07 Å². The van der Waals surface area contributed by atoms with Crippen LogP contribution in [-0.2, 0) is 0 Å². The summed E-state index contributed by atoms with van der Waals surface area (Å²) < 4.78 is 10.5. The average molecular weight is 267 g/mol. The molecular weight excluding hydrogens is 254 g/mol. The number of aromatic nitrogens is 1. The molecule has 0 radical (unpaired) electrons. The first-order chi connectivity index (χ1) is 9.79. The van der Waals surface area contributed by atoms with Crippen LogP contribution < -0.4 is 4.74 Å². The van der Waals surface area contributed by atoms with Gasteiger partial charge in [-0.1, -0.05) is 41.6 Å². The van der Waals surface area contributed by atoms with Crippen molar-refractivity contribution in [2.24, 2.45) is 0 Å². The molecule has 0 unspecified atom stereocenters. The van der Waals surface area contributed by atoms with Gasteiger partial charge in [0.1, 0.15) is 5.69 Å². The maximum atomic E-state index is 9.82. The van der Waals surface area contributed by atoms with Gasteiger partial charge in [0.05, 0.1) is 12.5 Å². The number of nitrogens with zero attached hydrogens (tertiary/aromatic N) is 1. The largest absolute Gasteiger partial charge is 0.504 e. The molecular formula is C16H13NO3. The summed E-state index contributed by atoms with van der Waals surface area (Å²) in [5, 5.41) is 14.5. The third-order valence-corrected chi connectivity index (χ3v) is 3.03. The molecule has 2 aromatic carbocycles. The SMILES string of the molecule is COc1c(O)ccc2onc(/C=C/c3ccccc3)c12. The second-order valence-electron chi connectivity index (χ2n) is 4.30. The number of methoxy groups -OCH3 is 1. The molecule has 0 amide bonds. The molecule has 0 saturated carbocycles. The monoisotopic (exact) mass is 267 g/mol.